The fourth-order valence-electron chi connectivity index (χ4n) is 2.15. The fraction of sp³-hybridized carbons (Fsp3) is 0.111. The molecule has 122 valence electrons. The van der Waals surface area contributed by atoms with Crippen LogP contribution in [-0.4, -0.2) is 17.4 Å². The molecule has 0 aliphatic rings. The van der Waals surface area contributed by atoms with E-state index in [0.29, 0.717) is 6.54 Å². The Kier molecular flexibility index (Phi) is 5.37. The number of aromatic nitrogens is 1. The van der Waals surface area contributed by atoms with E-state index >= 15 is 0 Å². The Morgan fingerprint density at radius 2 is 1.83 bits per heavy atom. The topological polar surface area (TPSA) is 29.6 Å². The molecule has 1 aromatic heterocycles. The molecule has 0 N–H and O–H groups in total. The second-order valence-corrected chi connectivity index (χ2v) is 6.74. The Hall–Kier alpha value is -2.05. The Labute approximate surface area is 152 Å². The first kappa shape index (κ1) is 16.8. The van der Waals surface area contributed by atoms with Gasteiger partial charge in [-0.1, -0.05) is 28.1 Å². The largest absolute Gasteiger partial charge is 0.258 e. The lowest BCUT2D eigenvalue weighted by Crippen LogP contribution is -2.12. The summed E-state index contributed by atoms with van der Waals surface area (Å²) in [5, 5.41) is 6.57. The van der Waals surface area contributed by atoms with Crippen LogP contribution in [0.3, 0.4) is 0 Å². The molecule has 0 unspecified atom stereocenters. The lowest BCUT2D eigenvalue weighted by Gasteiger charge is -2.03. The molecule has 0 radical (unpaired) electrons. The van der Waals surface area contributed by atoms with Gasteiger partial charge >= 0.3 is 0 Å². The van der Waals surface area contributed by atoms with E-state index in [9.17, 15) is 4.39 Å². The van der Waals surface area contributed by atoms with Gasteiger partial charge in [0.15, 0.2) is 0 Å². The molecule has 0 atom stereocenters. The molecule has 2 aromatic carbocycles. The van der Waals surface area contributed by atoms with Crippen molar-refractivity contribution >= 4 is 33.5 Å². The van der Waals surface area contributed by atoms with E-state index in [0.717, 1.165) is 26.1 Å². The van der Waals surface area contributed by atoms with E-state index in [4.69, 9.17) is 0 Å². The first-order valence-electron chi connectivity index (χ1n) is 7.44. The van der Waals surface area contributed by atoms with Crippen LogP contribution in [0.2, 0.25) is 0 Å². The molecule has 0 saturated carbocycles. The maximum absolute atomic E-state index is 13.2. The van der Waals surface area contributed by atoms with Gasteiger partial charge in [-0.05, 0) is 48.9 Å². The summed E-state index contributed by atoms with van der Waals surface area (Å²) >= 11 is 4.94. The Morgan fingerprint density at radius 1 is 1.12 bits per heavy atom. The molecule has 24 heavy (non-hydrogen) atoms. The maximum Gasteiger partial charge on any atom is 0.206 e. The van der Waals surface area contributed by atoms with E-state index in [-0.39, 0.29) is 5.82 Å². The first-order chi connectivity index (χ1) is 11.7. The number of thiazole rings is 1. The Morgan fingerprint density at radius 3 is 2.50 bits per heavy atom. The predicted octanol–water partition coefficient (Wildman–Crippen LogP) is 4.92. The van der Waals surface area contributed by atoms with Gasteiger partial charge in [0.2, 0.25) is 4.80 Å². The van der Waals surface area contributed by atoms with Gasteiger partial charge in [0.05, 0.1) is 11.9 Å². The van der Waals surface area contributed by atoms with Crippen molar-refractivity contribution in [3.63, 3.8) is 0 Å². The van der Waals surface area contributed by atoms with Crippen LogP contribution in [0.1, 0.15) is 12.5 Å². The van der Waals surface area contributed by atoms with Crippen molar-refractivity contribution in [2.45, 2.75) is 6.92 Å². The number of benzene rings is 2. The number of halogens is 2. The van der Waals surface area contributed by atoms with Crippen molar-refractivity contribution in [1.29, 1.82) is 0 Å². The third-order valence-corrected chi connectivity index (χ3v) is 4.69. The standard InChI is InChI=1S/C18H15BrFN3S/c1-2-21-18-23(22-11-13-3-7-15(19)8-4-13)17(12-24-18)14-5-9-16(20)10-6-14/h3-12H,2H2,1H3/b21-18?,22-11-. The zero-order valence-electron chi connectivity index (χ0n) is 13.0. The minimum atomic E-state index is -0.252. The second-order valence-electron chi connectivity index (χ2n) is 4.99. The second kappa shape index (κ2) is 7.68. The maximum atomic E-state index is 13.2. The van der Waals surface area contributed by atoms with Crippen LogP contribution >= 0.6 is 27.3 Å². The summed E-state index contributed by atoms with van der Waals surface area (Å²) < 4.78 is 16.0. The van der Waals surface area contributed by atoms with Crippen LogP contribution in [0.4, 0.5) is 4.39 Å². The van der Waals surface area contributed by atoms with Crippen molar-refractivity contribution in [3.05, 3.63) is 74.6 Å². The summed E-state index contributed by atoms with van der Waals surface area (Å²) in [6.07, 6.45) is 1.79. The van der Waals surface area contributed by atoms with Crippen molar-refractivity contribution in [3.8, 4) is 11.3 Å². The van der Waals surface area contributed by atoms with Gasteiger partial charge in [0.1, 0.15) is 5.82 Å². The van der Waals surface area contributed by atoms with Crippen molar-refractivity contribution in [2.24, 2.45) is 10.1 Å². The molecule has 0 amide bonds. The number of rotatable bonds is 4. The third kappa shape index (κ3) is 3.88. The molecule has 0 aliphatic heterocycles. The molecule has 3 aromatic rings. The summed E-state index contributed by atoms with van der Waals surface area (Å²) in [5.74, 6) is -0.252. The zero-order valence-corrected chi connectivity index (χ0v) is 15.4. The Balaban J connectivity index is 2.04. The lowest BCUT2D eigenvalue weighted by atomic mass is 10.2. The molecule has 1 heterocycles. The number of nitrogens with zero attached hydrogens (tertiary/aromatic N) is 3. The normalized spacial score (nSPS) is 12.2. The van der Waals surface area contributed by atoms with E-state index in [1.165, 1.54) is 23.5 Å². The predicted molar refractivity (Wildman–Crippen MR) is 101 cm³/mol. The molecule has 0 saturated heterocycles. The summed E-state index contributed by atoms with van der Waals surface area (Å²) in [6.45, 7) is 2.66. The summed E-state index contributed by atoms with van der Waals surface area (Å²) in [4.78, 5) is 5.29. The van der Waals surface area contributed by atoms with Crippen LogP contribution in [-0.2, 0) is 0 Å². The Bertz CT molecular complexity index is 909. The molecule has 3 rings (SSSR count). The zero-order chi connectivity index (χ0) is 16.9. The van der Waals surface area contributed by atoms with Crippen molar-refractivity contribution in [2.75, 3.05) is 6.54 Å². The smallest absolute Gasteiger partial charge is 0.206 e. The van der Waals surface area contributed by atoms with E-state index < -0.39 is 0 Å². The van der Waals surface area contributed by atoms with Crippen LogP contribution in [0.15, 0.2) is 68.5 Å². The van der Waals surface area contributed by atoms with Gasteiger partial charge in [-0.2, -0.15) is 5.10 Å². The highest BCUT2D eigenvalue weighted by Gasteiger charge is 2.07. The monoisotopic (exact) mass is 403 g/mol. The molecule has 0 aliphatic carbocycles. The highest BCUT2D eigenvalue weighted by molar-refractivity contribution is 9.10. The van der Waals surface area contributed by atoms with Crippen molar-refractivity contribution < 1.29 is 4.39 Å². The SMILES string of the molecule is CCN=c1scc(-c2ccc(F)cc2)n1/N=C\c1ccc(Br)cc1. The fourth-order valence-corrected chi connectivity index (χ4v) is 3.31. The average Bonchev–Trinajstić information content (AvgIpc) is 2.98. The lowest BCUT2D eigenvalue weighted by molar-refractivity contribution is 0.628. The summed E-state index contributed by atoms with van der Waals surface area (Å²) in [5.41, 5.74) is 2.78. The molecule has 3 nitrogen and oxygen atoms in total. The van der Waals surface area contributed by atoms with Gasteiger partial charge in [0, 0.05) is 22.0 Å². The van der Waals surface area contributed by atoms with Gasteiger partial charge in [-0.3, -0.25) is 4.99 Å². The molecular weight excluding hydrogens is 389 g/mol. The molecule has 0 fully saturated rings. The van der Waals surface area contributed by atoms with Crippen LogP contribution in [0, 0.1) is 5.82 Å². The van der Waals surface area contributed by atoms with Crippen LogP contribution in [0.25, 0.3) is 11.3 Å². The molecule has 0 spiro atoms. The van der Waals surface area contributed by atoms with Crippen LogP contribution < -0.4 is 4.80 Å². The van der Waals surface area contributed by atoms with Gasteiger partial charge in [-0.25, -0.2) is 9.07 Å². The third-order valence-electron chi connectivity index (χ3n) is 3.31. The highest BCUT2D eigenvalue weighted by atomic mass is 79.9. The average molecular weight is 404 g/mol. The van der Waals surface area contributed by atoms with Gasteiger partial charge in [0.25, 0.3) is 0 Å². The highest BCUT2D eigenvalue weighted by Crippen LogP contribution is 2.20. The van der Waals surface area contributed by atoms with Gasteiger partial charge < -0.3 is 0 Å². The molecular formula is C18H15BrFN3S. The van der Waals surface area contributed by atoms with E-state index in [2.05, 4.69) is 26.0 Å². The minimum Gasteiger partial charge on any atom is -0.258 e. The number of hydrogen-bond acceptors (Lipinski definition) is 3. The van der Waals surface area contributed by atoms with E-state index in [1.807, 2.05) is 36.6 Å². The van der Waals surface area contributed by atoms with Gasteiger partial charge in [-0.15, -0.1) is 11.3 Å². The molecule has 0 bridgehead atoms. The quantitative estimate of drug-likeness (QED) is 0.553. The summed E-state index contributed by atoms with van der Waals surface area (Å²) in [7, 11) is 0. The summed E-state index contributed by atoms with van der Waals surface area (Å²) in [6, 6.07) is 14.3. The van der Waals surface area contributed by atoms with E-state index in [1.54, 1.807) is 23.0 Å². The minimum absolute atomic E-state index is 0.252. The molecule has 6 heteroatoms. The number of hydrogen-bond donors (Lipinski definition) is 0. The van der Waals surface area contributed by atoms with Crippen LogP contribution in [0.5, 0.6) is 0 Å². The van der Waals surface area contributed by atoms with Crippen molar-refractivity contribution in [1.82, 2.24) is 4.68 Å². The first-order valence-corrected chi connectivity index (χ1v) is 9.11.